The first kappa shape index (κ1) is 20.2. The maximum absolute atomic E-state index is 12.4. The van der Waals surface area contributed by atoms with Gasteiger partial charge in [0.25, 0.3) is 5.91 Å². The van der Waals surface area contributed by atoms with Crippen molar-refractivity contribution in [1.82, 2.24) is 4.98 Å². The fraction of sp³-hybridized carbons (Fsp3) is 0.240. The number of nitrogens with zero attached hydrogens (tertiary/aromatic N) is 2. The van der Waals surface area contributed by atoms with Crippen molar-refractivity contribution in [3.63, 3.8) is 0 Å². The fourth-order valence-electron chi connectivity index (χ4n) is 4.30. The zero-order valence-electron chi connectivity index (χ0n) is 17.5. The minimum absolute atomic E-state index is 0.244. The van der Waals surface area contributed by atoms with Crippen LogP contribution in [-0.4, -0.2) is 35.1 Å². The highest BCUT2D eigenvalue weighted by molar-refractivity contribution is 6.02. The number of hydrogen-bond acceptors (Lipinski definition) is 5. The molecule has 7 heteroatoms. The van der Waals surface area contributed by atoms with Crippen LogP contribution in [0.4, 0.5) is 5.69 Å². The highest BCUT2D eigenvalue weighted by Crippen LogP contribution is 2.42. The molecule has 1 aliphatic heterocycles. The normalized spacial score (nSPS) is 16.7. The van der Waals surface area contributed by atoms with E-state index in [-0.39, 0.29) is 18.0 Å². The van der Waals surface area contributed by atoms with Gasteiger partial charge in [-0.1, -0.05) is 54.6 Å². The Morgan fingerprint density at radius 1 is 1.09 bits per heavy atom. The zero-order valence-corrected chi connectivity index (χ0v) is 17.5. The molecular formula is C25H23N3O4. The number of amides is 1. The number of aromatic nitrogens is 1. The van der Waals surface area contributed by atoms with E-state index in [0.717, 1.165) is 41.5 Å². The quantitative estimate of drug-likeness (QED) is 0.642. The maximum atomic E-state index is 12.4. The second-order valence-electron chi connectivity index (χ2n) is 8.32. The molecule has 32 heavy (non-hydrogen) atoms. The Balaban J connectivity index is 1.64. The van der Waals surface area contributed by atoms with Crippen LogP contribution in [0.2, 0.25) is 0 Å². The lowest BCUT2D eigenvalue weighted by molar-refractivity contribution is -0.137. The van der Waals surface area contributed by atoms with E-state index in [1.165, 1.54) is 4.90 Å². The number of carboxylic acids is 1. The van der Waals surface area contributed by atoms with Crippen LogP contribution in [0.5, 0.6) is 5.88 Å². The van der Waals surface area contributed by atoms with Crippen LogP contribution in [0.3, 0.4) is 0 Å². The van der Waals surface area contributed by atoms with Gasteiger partial charge in [-0.3, -0.25) is 14.5 Å². The van der Waals surface area contributed by atoms with E-state index in [9.17, 15) is 14.7 Å². The fourth-order valence-corrected chi connectivity index (χ4v) is 4.30. The average molecular weight is 429 g/mol. The Hall–Kier alpha value is -3.71. The number of carbonyl (C=O) groups is 2. The molecule has 0 radical (unpaired) electrons. The van der Waals surface area contributed by atoms with Gasteiger partial charge >= 0.3 is 5.97 Å². The first-order valence-corrected chi connectivity index (χ1v) is 10.6. The van der Waals surface area contributed by atoms with Crippen molar-refractivity contribution < 1.29 is 19.4 Å². The first-order valence-electron chi connectivity index (χ1n) is 10.6. The molecule has 1 fully saturated rings. The van der Waals surface area contributed by atoms with Gasteiger partial charge in [-0.05, 0) is 36.5 Å². The van der Waals surface area contributed by atoms with Gasteiger partial charge in [-0.25, -0.2) is 4.98 Å². The minimum atomic E-state index is -1.10. The number of pyridine rings is 1. The van der Waals surface area contributed by atoms with Crippen LogP contribution < -0.4 is 15.4 Å². The molecule has 0 spiro atoms. The van der Waals surface area contributed by atoms with Crippen molar-refractivity contribution in [1.29, 1.82) is 0 Å². The van der Waals surface area contributed by atoms with Crippen molar-refractivity contribution in [2.75, 3.05) is 18.1 Å². The summed E-state index contributed by atoms with van der Waals surface area (Å²) in [7, 11) is 0. The number of rotatable bonds is 5. The molecule has 0 atom stereocenters. The maximum Gasteiger partial charge on any atom is 0.323 e. The topological polar surface area (TPSA) is 106 Å². The van der Waals surface area contributed by atoms with Crippen LogP contribution in [0, 0.1) is 0 Å². The van der Waals surface area contributed by atoms with E-state index in [1.54, 1.807) is 6.07 Å². The summed E-state index contributed by atoms with van der Waals surface area (Å²) in [5.74, 6) is -1.26. The van der Waals surface area contributed by atoms with Crippen LogP contribution in [0.1, 0.15) is 24.8 Å². The van der Waals surface area contributed by atoms with Crippen molar-refractivity contribution >= 4 is 17.6 Å². The summed E-state index contributed by atoms with van der Waals surface area (Å²) < 4.78 is 5.59. The number of aliphatic carboxylic acids is 1. The van der Waals surface area contributed by atoms with Gasteiger partial charge < -0.3 is 15.6 Å². The van der Waals surface area contributed by atoms with E-state index < -0.39 is 18.4 Å². The third-order valence-corrected chi connectivity index (χ3v) is 6.25. The molecule has 0 unspecified atom stereocenters. The largest absolute Gasteiger partial charge is 0.480 e. The van der Waals surface area contributed by atoms with Gasteiger partial charge in [0, 0.05) is 16.7 Å². The molecule has 1 aromatic heterocycles. The van der Waals surface area contributed by atoms with Crippen LogP contribution in [0.25, 0.3) is 22.4 Å². The third kappa shape index (κ3) is 3.50. The van der Waals surface area contributed by atoms with Crippen LogP contribution >= 0.6 is 0 Å². The van der Waals surface area contributed by atoms with Gasteiger partial charge in [-0.2, -0.15) is 0 Å². The molecule has 2 aliphatic rings. The SMILES string of the molecule is NC1(c2ccc(-c3nc4c(cc3-c3ccccc3)N(CC(=O)O)C(=O)CO4)cc2)CCC1. The number of ether oxygens (including phenoxy) is 1. The zero-order chi connectivity index (χ0) is 22.3. The molecule has 5 rings (SSSR count). The lowest BCUT2D eigenvalue weighted by atomic mass is 9.72. The predicted molar refractivity (Wildman–Crippen MR) is 120 cm³/mol. The van der Waals surface area contributed by atoms with Gasteiger partial charge in [-0.15, -0.1) is 0 Å². The second kappa shape index (κ2) is 7.76. The monoisotopic (exact) mass is 429 g/mol. The summed E-state index contributed by atoms with van der Waals surface area (Å²) in [5, 5.41) is 9.28. The predicted octanol–water partition coefficient (Wildman–Crippen LogP) is 3.56. The summed E-state index contributed by atoms with van der Waals surface area (Å²) in [6.07, 6.45) is 3.12. The summed E-state index contributed by atoms with van der Waals surface area (Å²) in [6, 6.07) is 19.6. The lowest BCUT2D eigenvalue weighted by Gasteiger charge is -2.38. The van der Waals surface area contributed by atoms with E-state index in [4.69, 9.17) is 15.5 Å². The van der Waals surface area contributed by atoms with Crippen molar-refractivity contribution in [2.24, 2.45) is 5.73 Å². The number of fused-ring (bicyclic) bond motifs is 1. The van der Waals surface area contributed by atoms with Gasteiger partial charge in [0.1, 0.15) is 12.2 Å². The smallest absolute Gasteiger partial charge is 0.323 e. The summed E-state index contributed by atoms with van der Waals surface area (Å²) in [6.45, 7) is -0.691. The molecule has 3 N–H and O–H groups in total. The number of hydrogen-bond donors (Lipinski definition) is 2. The Morgan fingerprint density at radius 2 is 1.81 bits per heavy atom. The molecule has 2 heterocycles. The number of benzene rings is 2. The molecule has 1 amide bonds. The molecule has 7 nitrogen and oxygen atoms in total. The Labute approximate surface area is 185 Å². The third-order valence-electron chi connectivity index (χ3n) is 6.25. The lowest BCUT2D eigenvalue weighted by Crippen LogP contribution is -2.43. The molecule has 0 saturated heterocycles. The Kier molecular flexibility index (Phi) is 4.90. The molecule has 162 valence electrons. The minimum Gasteiger partial charge on any atom is -0.480 e. The van der Waals surface area contributed by atoms with Crippen molar-refractivity contribution in [3.05, 3.63) is 66.2 Å². The van der Waals surface area contributed by atoms with Gasteiger partial charge in [0.15, 0.2) is 6.61 Å². The average Bonchev–Trinajstić information content (AvgIpc) is 2.79. The number of carboxylic acid groups (broad SMARTS) is 1. The van der Waals surface area contributed by atoms with Crippen LogP contribution in [-0.2, 0) is 15.1 Å². The Bertz CT molecular complexity index is 1190. The first-order chi connectivity index (χ1) is 15.4. The van der Waals surface area contributed by atoms with Crippen LogP contribution in [0.15, 0.2) is 60.7 Å². The van der Waals surface area contributed by atoms with E-state index in [0.29, 0.717) is 11.4 Å². The standard InChI is InChI=1S/C25H23N3O4/c26-25(11-4-12-25)18-9-7-17(8-10-18)23-19(16-5-2-1-3-6-16)13-20-24(27-23)32-15-21(29)28(20)14-22(30)31/h1-3,5-10,13H,4,11-12,14-15,26H2,(H,30,31). The molecular weight excluding hydrogens is 406 g/mol. The van der Waals surface area contributed by atoms with Gasteiger partial charge in [0.05, 0.1) is 5.69 Å². The molecule has 1 saturated carbocycles. The van der Waals surface area contributed by atoms with E-state index >= 15 is 0 Å². The molecule has 1 aliphatic carbocycles. The summed E-state index contributed by atoms with van der Waals surface area (Å²) in [4.78, 5) is 29.7. The molecule has 3 aromatic rings. The highest BCUT2D eigenvalue weighted by Gasteiger charge is 2.34. The van der Waals surface area contributed by atoms with Crippen molar-refractivity contribution in [2.45, 2.75) is 24.8 Å². The molecule has 0 bridgehead atoms. The number of anilines is 1. The van der Waals surface area contributed by atoms with E-state index in [2.05, 4.69) is 0 Å². The highest BCUT2D eigenvalue weighted by atomic mass is 16.5. The summed E-state index contributed by atoms with van der Waals surface area (Å²) >= 11 is 0. The van der Waals surface area contributed by atoms with E-state index in [1.807, 2.05) is 54.6 Å². The number of carbonyl (C=O) groups excluding carboxylic acids is 1. The van der Waals surface area contributed by atoms with Crippen molar-refractivity contribution in [3.8, 4) is 28.3 Å². The van der Waals surface area contributed by atoms with Gasteiger partial charge in [0.2, 0.25) is 5.88 Å². The summed E-state index contributed by atoms with van der Waals surface area (Å²) in [5.41, 5.74) is 11.0. The number of nitrogens with two attached hydrogens (primary N) is 1. The second-order valence-corrected chi connectivity index (χ2v) is 8.32. The Morgan fingerprint density at radius 3 is 2.44 bits per heavy atom. The molecule has 2 aromatic carbocycles.